The Labute approximate surface area is 124 Å². The molecule has 114 valence electrons. The van der Waals surface area contributed by atoms with Crippen LogP contribution in [0, 0.1) is 0 Å². The summed E-state index contributed by atoms with van der Waals surface area (Å²) in [6, 6.07) is 3.67. The molecular weight excluding hydrogens is 272 g/mol. The summed E-state index contributed by atoms with van der Waals surface area (Å²) < 4.78 is 10.3. The Bertz CT molecular complexity index is 526. The first-order chi connectivity index (χ1) is 10.1. The van der Waals surface area contributed by atoms with Crippen molar-refractivity contribution in [3.63, 3.8) is 0 Å². The molecule has 6 nitrogen and oxygen atoms in total. The van der Waals surface area contributed by atoms with Gasteiger partial charge >= 0.3 is 11.9 Å². The van der Waals surface area contributed by atoms with Gasteiger partial charge in [-0.3, -0.25) is 9.88 Å². The Balaban J connectivity index is 2.45. The number of fused-ring (bicyclic) bond motifs is 1. The Kier molecular flexibility index (Phi) is 4.57. The van der Waals surface area contributed by atoms with E-state index in [1.165, 1.54) is 0 Å². The van der Waals surface area contributed by atoms with Crippen LogP contribution in [-0.4, -0.2) is 47.6 Å². The lowest BCUT2D eigenvalue weighted by molar-refractivity contribution is -0.175. The molecule has 0 atom stereocenters. The topological polar surface area (TPSA) is 68.7 Å². The van der Waals surface area contributed by atoms with E-state index in [4.69, 9.17) is 9.47 Å². The van der Waals surface area contributed by atoms with Crippen molar-refractivity contribution in [2.45, 2.75) is 32.4 Å². The van der Waals surface area contributed by atoms with Crippen LogP contribution in [-0.2, 0) is 32.0 Å². The SMILES string of the molecule is CCOC(=O)C1(C(=O)OCC)Cc2cccnc2CN1C. The van der Waals surface area contributed by atoms with Crippen LogP contribution in [0.3, 0.4) is 0 Å². The highest BCUT2D eigenvalue weighted by Gasteiger charge is 2.54. The molecule has 2 heterocycles. The van der Waals surface area contributed by atoms with Crippen LogP contribution in [0.25, 0.3) is 0 Å². The van der Waals surface area contributed by atoms with Crippen molar-refractivity contribution in [1.82, 2.24) is 9.88 Å². The number of aromatic nitrogens is 1. The molecule has 0 aromatic carbocycles. The number of carbonyl (C=O) groups excluding carboxylic acids is 2. The second-order valence-electron chi connectivity index (χ2n) is 4.94. The average molecular weight is 292 g/mol. The van der Waals surface area contributed by atoms with Crippen molar-refractivity contribution in [3.8, 4) is 0 Å². The minimum absolute atomic E-state index is 0.213. The smallest absolute Gasteiger partial charge is 0.338 e. The first-order valence-electron chi connectivity index (χ1n) is 7.04. The first kappa shape index (κ1) is 15.4. The van der Waals surface area contributed by atoms with E-state index in [0.717, 1.165) is 11.3 Å². The largest absolute Gasteiger partial charge is 0.464 e. The van der Waals surface area contributed by atoms with E-state index in [9.17, 15) is 9.59 Å². The molecule has 0 amide bonds. The molecule has 0 saturated carbocycles. The van der Waals surface area contributed by atoms with E-state index in [-0.39, 0.29) is 19.6 Å². The molecule has 1 aliphatic heterocycles. The lowest BCUT2D eigenvalue weighted by Crippen LogP contribution is -2.63. The first-order valence-corrected chi connectivity index (χ1v) is 7.04. The fraction of sp³-hybridized carbons (Fsp3) is 0.533. The lowest BCUT2D eigenvalue weighted by Gasteiger charge is -2.40. The molecule has 0 saturated heterocycles. The molecule has 1 aromatic rings. The van der Waals surface area contributed by atoms with Crippen molar-refractivity contribution < 1.29 is 19.1 Å². The van der Waals surface area contributed by atoms with Gasteiger partial charge in [0.25, 0.3) is 0 Å². The van der Waals surface area contributed by atoms with Crippen LogP contribution in [0.15, 0.2) is 18.3 Å². The van der Waals surface area contributed by atoms with Gasteiger partial charge in [-0.15, -0.1) is 0 Å². The summed E-state index contributed by atoms with van der Waals surface area (Å²) >= 11 is 0. The number of ether oxygens (including phenoxy) is 2. The monoisotopic (exact) mass is 292 g/mol. The van der Waals surface area contributed by atoms with Crippen LogP contribution in [0.2, 0.25) is 0 Å². The zero-order valence-corrected chi connectivity index (χ0v) is 12.6. The number of hydrogen-bond donors (Lipinski definition) is 0. The molecule has 21 heavy (non-hydrogen) atoms. The van der Waals surface area contributed by atoms with Crippen LogP contribution in [0.1, 0.15) is 25.1 Å². The zero-order chi connectivity index (χ0) is 15.5. The highest BCUT2D eigenvalue weighted by molar-refractivity contribution is 6.05. The number of rotatable bonds is 4. The van der Waals surface area contributed by atoms with Gasteiger partial charge < -0.3 is 9.47 Å². The number of pyridine rings is 1. The molecule has 0 unspecified atom stereocenters. The van der Waals surface area contributed by atoms with Gasteiger partial charge in [0.1, 0.15) is 0 Å². The molecular formula is C15H20N2O4. The van der Waals surface area contributed by atoms with Gasteiger partial charge in [0, 0.05) is 19.2 Å². The second-order valence-corrected chi connectivity index (χ2v) is 4.94. The van der Waals surface area contributed by atoms with Gasteiger partial charge in [-0.1, -0.05) is 6.07 Å². The normalized spacial score (nSPS) is 16.9. The van der Waals surface area contributed by atoms with Gasteiger partial charge in [-0.05, 0) is 32.5 Å². The van der Waals surface area contributed by atoms with E-state index < -0.39 is 17.5 Å². The van der Waals surface area contributed by atoms with E-state index in [2.05, 4.69) is 4.98 Å². The third kappa shape index (κ3) is 2.63. The summed E-state index contributed by atoms with van der Waals surface area (Å²) in [7, 11) is 1.71. The van der Waals surface area contributed by atoms with E-state index >= 15 is 0 Å². The predicted octanol–water partition coefficient (Wildman–Crippen LogP) is 0.934. The molecule has 6 heteroatoms. The quantitative estimate of drug-likeness (QED) is 0.607. The van der Waals surface area contributed by atoms with Gasteiger partial charge in [-0.2, -0.15) is 0 Å². The standard InChI is InChI=1S/C15H20N2O4/c1-4-20-13(18)15(14(19)21-5-2)9-11-7-6-8-16-12(11)10-17(15)3/h6-8H,4-5,9-10H2,1-3H3. The summed E-state index contributed by atoms with van der Waals surface area (Å²) in [5.74, 6) is -1.14. The molecule has 0 N–H and O–H groups in total. The fourth-order valence-electron chi connectivity index (χ4n) is 2.59. The molecule has 2 rings (SSSR count). The second kappa shape index (κ2) is 6.22. The summed E-state index contributed by atoms with van der Waals surface area (Å²) in [6.07, 6.45) is 1.92. The highest BCUT2D eigenvalue weighted by atomic mass is 16.6. The van der Waals surface area contributed by atoms with Crippen molar-refractivity contribution in [3.05, 3.63) is 29.6 Å². The maximum absolute atomic E-state index is 12.5. The maximum atomic E-state index is 12.5. The molecule has 1 aliphatic rings. The van der Waals surface area contributed by atoms with Gasteiger partial charge in [0.2, 0.25) is 5.54 Å². The summed E-state index contributed by atoms with van der Waals surface area (Å²) in [5.41, 5.74) is 0.308. The van der Waals surface area contributed by atoms with Crippen molar-refractivity contribution in [1.29, 1.82) is 0 Å². The zero-order valence-electron chi connectivity index (χ0n) is 12.6. The third-order valence-electron chi connectivity index (χ3n) is 3.70. The number of hydrogen-bond acceptors (Lipinski definition) is 6. The number of esters is 2. The summed E-state index contributed by atoms with van der Waals surface area (Å²) in [4.78, 5) is 30.9. The van der Waals surface area contributed by atoms with Crippen LogP contribution >= 0.6 is 0 Å². The number of likely N-dealkylation sites (N-methyl/N-ethyl adjacent to an activating group) is 1. The third-order valence-corrected chi connectivity index (χ3v) is 3.70. The minimum Gasteiger partial charge on any atom is -0.464 e. The summed E-state index contributed by atoms with van der Waals surface area (Å²) in [5, 5.41) is 0. The Hall–Kier alpha value is -1.95. The van der Waals surface area contributed by atoms with E-state index in [1.54, 1.807) is 38.1 Å². The van der Waals surface area contributed by atoms with Gasteiger partial charge in [-0.25, -0.2) is 9.59 Å². The molecule has 0 radical (unpaired) electrons. The Morgan fingerprint density at radius 2 is 1.90 bits per heavy atom. The van der Waals surface area contributed by atoms with E-state index in [0.29, 0.717) is 6.54 Å². The molecule has 0 bridgehead atoms. The number of carbonyl (C=O) groups is 2. The van der Waals surface area contributed by atoms with Crippen molar-refractivity contribution in [2.24, 2.45) is 0 Å². The minimum atomic E-state index is -1.43. The van der Waals surface area contributed by atoms with Crippen LogP contribution in [0.4, 0.5) is 0 Å². The number of nitrogens with zero attached hydrogens (tertiary/aromatic N) is 2. The molecule has 0 spiro atoms. The molecule has 1 aromatic heterocycles. The average Bonchev–Trinajstić information content (AvgIpc) is 2.46. The Morgan fingerprint density at radius 1 is 1.29 bits per heavy atom. The molecule has 0 aliphatic carbocycles. The lowest BCUT2D eigenvalue weighted by atomic mass is 9.84. The van der Waals surface area contributed by atoms with Gasteiger partial charge in [0.05, 0.1) is 18.9 Å². The maximum Gasteiger partial charge on any atom is 0.338 e. The fourth-order valence-corrected chi connectivity index (χ4v) is 2.59. The summed E-state index contributed by atoms with van der Waals surface area (Å²) in [6.45, 7) is 4.26. The predicted molar refractivity (Wildman–Crippen MR) is 75.4 cm³/mol. The molecule has 0 fully saturated rings. The van der Waals surface area contributed by atoms with Crippen LogP contribution in [0.5, 0.6) is 0 Å². The highest BCUT2D eigenvalue weighted by Crippen LogP contribution is 2.31. The Morgan fingerprint density at radius 3 is 2.48 bits per heavy atom. The van der Waals surface area contributed by atoms with Crippen molar-refractivity contribution >= 4 is 11.9 Å². The van der Waals surface area contributed by atoms with Crippen LogP contribution < -0.4 is 0 Å². The van der Waals surface area contributed by atoms with Gasteiger partial charge in [0.15, 0.2) is 0 Å². The van der Waals surface area contributed by atoms with Crippen molar-refractivity contribution in [2.75, 3.05) is 20.3 Å². The van der Waals surface area contributed by atoms with E-state index in [1.807, 2.05) is 6.07 Å².